The first-order valence-electron chi connectivity index (χ1n) is 4.90. The summed E-state index contributed by atoms with van der Waals surface area (Å²) in [6.45, 7) is 0. The van der Waals surface area contributed by atoms with Crippen LogP contribution in [-0.4, -0.2) is 0 Å². The van der Waals surface area contributed by atoms with E-state index in [0.29, 0.717) is 11.1 Å². The lowest BCUT2D eigenvalue weighted by molar-refractivity contribution is 0.626. The van der Waals surface area contributed by atoms with Gasteiger partial charge in [0.2, 0.25) is 0 Å². The van der Waals surface area contributed by atoms with Gasteiger partial charge in [-0.05, 0) is 35.4 Å². The van der Waals surface area contributed by atoms with Crippen molar-refractivity contribution >= 4 is 23.2 Å². The van der Waals surface area contributed by atoms with E-state index in [0.717, 1.165) is 0 Å². The maximum Gasteiger partial charge on any atom is 0.168 e. The van der Waals surface area contributed by atoms with E-state index in [-0.39, 0.29) is 11.6 Å². The molecule has 0 aliphatic heterocycles. The highest BCUT2D eigenvalue weighted by Gasteiger charge is 2.28. The van der Waals surface area contributed by atoms with Crippen LogP contribution in [-0.2, 0) is 4.33 Å². The fourth-order valence-electron chi connectivity index (χ4n) is 1.49. The molecule has 88 valence electrons. The Labute approximate surface area is 108 Å². The van der Waals surface area contributed by atoms with Crippen LogP contribution in [0.2, 0.25) is 0 Å². The van der Waals surface area contributed by atoms with Crippen LogP contribution in [0.3, 0.4) is 0 Å². The van der Waals surface area contributed by atoms with Gasteiger partial charge in [0.1, 0.15) is 11.6 Å². The second-order valence-corrected chi connectivity index (χ2v) is 4.92. The van der Waals surface area contributed by atoms with Gasteiger partial charge in [0.15, 0.2) is 4.33 Å². The lowest BCUT2D eigenvalue weighted by Gasteiger charge is -2.20. The molecule has 0 aliphatic carbocycles. The zero-order valence-corrected chi connectivity index (χ0v) is 10.1. The van der Waals surface area contributed by atoms with Gasteiger partial charge in [-0.15, -0.1) is 0 Å². The summed E-state index contributed by atoms with van der Waals surface area (Å²) >= 11 is 12.4. The highest BCUT2D eigenvalue weighted by Crippen LogP contribution is 2.40. The summed E-state index contributed by atoms with van der Waals surface area (Å²) in [5, 5.41) is 0. The second-order valence-electron chi connectivity index (χ2n) is 3.59. The van der Waals surface area contributed by atoms with E-state index in [9.17, 15) is 8.78 Å². The molecule has 0 aromatic heterocycles. The summed E-state index contributed by atoms with van der Waals surface area (Å²) < 4.78 is 24.3. The average Bonchev–Trinajstić information content (AvgIpc) is 2.30. The third kappa shape index (κ3) is 2.59. The van der Waals surface area contributed by atoms with Crippen LogP contribution < -0.4 is 0 Å². The second kappa shape index (κ2) is 4.63. The molecule has 0 nitrogen and oxygen atoms in total. The van der Waals surface area contributed by atoms with Crippen molar-refractivity contribution in [2.24, 2.45) is 0 Å². The van der Waals surface area contributed by atoms with Crippen molar-refractivity contribution in [3.63, 3.8) is 0 Å². The number of rotatable bonds is 2. The van der Waals surface area contributed by atoms with Crippen LogP contribution in [0.1, 0.15) is 11.1 Å². The lowest BCUT2D eigenvalue weighted by atomic mass is 10.0. The molecule has 4 heteroatoms. The van der Waals surface area contributed by atoms with E-state index in [4.69, 9.17) is 23.2 Å². The van der Waals surface area contributed by atoms with Crippen molar-refractivity contribution in [3.05, 3.63) is 71.3 Å². The molecule has 0 amide bonds. The molecule has 0 saturated heterocycles. The van der Waals surface area contributed by atoms with Crippen molar-refractivity contribution in [3.8, 4) is 0 Å². The van der Waals surface area contributed by atoms with Crippen LogP contribution in [0.5, 0.6) is 0 Å². The largest absolute Gasteiger partial charge is 0.207 e. The van der Waals surface area contributed by atoms with Gasteiger partial charge in [-0.1, -0.05) is 47.5 Å². The summed E-state index contributed by atoms with van der Waals surface area (Å²) in [4.78, 5) is 0. The van der Waals surface area contributed by atoms with E-state index >= 15 is 0 Å². The molecule has 2 rings (SSSR count). The van der Waals surface area contributed by atoms with Crippen LogP contribution in [0.4, 0.5) is 8.78 Å². The third-order valence-corrected chi connectivity index (χ3v) is 3.29. The molecule has 0 radical (unpaired) electrons. The number of benzene rings is 2. The van der Waals surface area contributed by atoms with E-state index < -0.39 is 4.33 Å². The predicted octanol–water partition coefficient (Wildman–Crippen LogP) is 4.64. The van der Waals surface area contributed by atoms with Gasteiger partial charge in [0.05, 0.1) is 0 Å². The molecule has 0 bridgehead atoms. The number of halogens is 4. The topological polar surface area (TPSA) is 0 Å². The molecule has 0 fully saturated rings. The molecule has 0 saturated carbocycles. The first-order chi connectivity index (χ1) is 8.00. The van der Waals surface area contributed by atoms with E-state index in [1.165, 1.54) is 48.5 Å². The average molecular weight is 273 g/mol. The summed E-state index contributed by atoms with van der Waals surface area (Å²) in [6, 6.07) is 11.1. The van der Waals surface area contributed by atoms with Gasteiger partial charge in [-0.2, -0.15) is 0 Å². The lowest BCUT2D eigenvalue weighted by Crippen LogP contribution is -2.12. The van der Waals surface area contributed by atoms with Gasteiger partial charge in [0, 0.05) is 0 Å². The molecule has 2 aromatic carbocycles. The predicted molar refractivity (Wildman–Crippen MR) is 65.3 cm³/mol. The highest BCUT2D eigenvalue weighted by atomic mass is 35.5. The molecular formula is C13H8Cl2F2. The molecule has 0 N–H and O–H groups in total. The fraction of sp³-hybridized carbons (Fsp3) is 0.0769. The molecule has 17 heavy (non-hydrogen) atoms. The smallest absolute Gasteiger partial charge is 0.168 e. The van der Waals surface area contributed by atoms with E-state index in [2.05, 4.69) is 0 Å². The Kier molecular flexibility index (Phi) is 3.36. The molecule has 0 spiro atoms. The van der Waals surface area contributed by atoms with Gasteiger partial charge in [-0.25, -0.2) is 8.78 Å². The number of hydrogen-bond donors (Lipinski definition) is 0. The highest BCUT2D eigenvalue weighted by molar-refractivity contribution is 6.50. The standard InChI is InChI=1S/C13H8Cl2F2/c14-13(15,9-1-5-11(16)6-2-9)10-3-7-12(17)8-4-10/h1-8H. The first kappa shape index (κ1) is 12.3. The minimum Gasteiger partial charge on any atom is -0.207 e. The normalized spacial score (nSPS) is 11.5. The molecule has 0 heterocycles. The Hall–Kier alpha value is -1.12. The maximum atomic E-state index is 12.8. The van der Waals surface area contributed by atoms with E-state index in [1.807, 2.05) is 0 Å². The Morgan fingerprint density at radius 3 is 1.24 bits per heavy atom. The third-order valence-electron chi connectivity index (χ3n) is 2.41. The molecule has 0 unspecified atom stereocenters. The summed E-state index contributed by atoms with van der Waals surface area (Å²) in [5.74, 6) is -0.728. The van der Waals surface area contributed by atoms with Gasteiger partial charge in [0.25, 0.3) is 0 Å². The van der Waals surface area contributed by atoms with Crippen molar-refractivity contribution in [2.75, 3.05) is 0 Å². The van der Waals surface area contributed by atoms with Gasteiger partial charge in [-0.3, -0.25) is 0 Å². The molecule has 0 atom stereocenters. The van der Waals surface area contributed by atoms with Crippen LogP contribution >= 0.6 is 23.2 Å². The summed E-state index contributed by atoms with van der Waals surface area (Å²) in [6.07, 6.45) is 0. The summed E-state index contributed by atoms with van der Waals surface area (Å²) in [5.41, 5.74) is 1.07. The van der Waals surface area contributed by atoms with Gasteiger partial charge < -0.3 is 0 Å². The van der Waals surface area contributed by atoms with Crippen LogP contribution in [0, 0.1) is 11.6 Å². The molecule has 2 aromatic rings. The molecule has 0 aliphatic rings. The fourth-order valence-corrected chi connectivity index (χ4v) is 1.99. The Morgan fingerprint density at radius 1 is 0.647 bits per heavy atom. The van der Waals surface area contributed by atoms with Crippen molar-refractivity contribution in [1.82, 2.24) is 0 Å². The Morgan fingerprint density at radius 2 is 0.941 bits per heavy atom. The zero-order valence-electron chi connectivity index (χ0n) is 8.63. The minimum atomic E-state index is -1.32. The van der Waals surface area contributed by atoms with Crippen LogP contribution in [0.15, 0.2) is 48.5 Å². The van der Waals surface area contributed by atoms with Crippen LogP contribution in [0.25, 0.3) is 0 Å². The summed E-state index contributed by atoms with van der Waals surface area (Å²) in [7, 11) is 0. The monoisotopic (exact) mass is 272 g/mol. The number of hydrogen-bond acceptors (Lipinski definition) is 0. The van der Waals surface area contributed by atoms with Crippen molar-refractivity contribution in [1.29, 1.82) is 0 Å². The van der Waals surface area contributed by atoms with Crippen molar-refractivity contribution in [2.45, 2.75) is 4.33 Å². The molecular weight excluding hydrogens is 265 g/mol. The zero-order chi connectivity index (χ0) is 12.5. The SMILES string of the molecule is Fc1ccc(C(Cl)(Cl)c2ccc(F)cc2)cc1. The van der Waals surface area contributed by atoms with E-state index in [1.54, 1.807) is 0 Å². The quantitative estimate of drug-likeness (QED) is 0.699. The first-order valence-corrected chi connectivity index (χ1v) is 5.65. The Balaban J connectivity index is 2.41. The van der Waals surface area contributed by atoms with Crippen molar-refractivity contribution < 1.29 is 8.78 Å². The maximum absolute atomic E-state index is 12.8. The minimum absolute atomic E-state index is 0.364. The Bertz CT molecular complexity index is 456. The van der Waals surface area contributed by atoms with Gasteiger partial charge >= 0.3 is 0 Å². The number of alkyl halides is 2.